The van der Waals surface area contributed by atoms with E-state index in [1.54, 1.807) is 11.8 Å². The van der Waals surface area contributed by atoms with Gasteiger partial charge in [-0.1, -0.05) is 45.7 Å². The predicted molar refractivity (Wildman–Crippen MR) is 91.4 cm³/mol. The Balaban J connectivity index is 2.21. The SMILES string of the molecule is CC(=O)N1Cc2cc(Br)ccc2/C=C\c2cc(Cl)ccc21. The monoisotopic (exact) mass is 361 g/mol. The standard InChI is InChI=1S/C17H13BrClNO/c1-11(21)20-10-14-8-15(18)5-4-12(14)2-3-13-9-16(19)6-7-17(13)20/h2-9H,10H2,1H3/b3-2-. The summed E-state index contributed by atoms with van der Waals surface area (Å²) in [5.74, 6) is 0.0137. The van der Waals surface area contributed by atoms with E-state index < -0.39 is 0 Å². The average Bonchev–Trinajstić information content (AvgIpc) is 2.42. The molecule has 21 heavy (non-hydrogen) atoms. The lowest BCUT2D eigenvalue weighted by Gasteiger charge is -2.26. The topological polar surface area (TPSA) is 20.3 Å². The smallest absolute Gasteiger partial charge is 0.224 e. The highest BCUT2D eigenvalue weighted by molar-refractivity contribution is 9.10. The van der Waals surface area contributed by atoms with Crippen LogP contribution in [0.25, 0.3) is 12.2 Å². The lowest BCUT2D eigenvalue weighted by atomic mass is 10.0. The third-order valence-electron chi connectivity index (χ3n) is 3.54. The summed E-state index contributed by atoms with van der Waals surface area (Å²) < 4.78 is 1.01. The highest BCUT2D eigenvalue weighted by atomic mass is 79.9. The van der Waals surface area contributed by atoms with Gasteiger partial charge in [-0.3, -0.25) is 4.79 Å². The molecule has 3 rings (SSSR count). The molecule has 0 spiro atoms. The molecular formula is C17H13BrClNO. The first-order valence-corrected chi connectivity index (χ1v) is 7.76. The van der Waals surface area contributed by atoms with Gasteiger partial charge in [-0.15, -0.1) is 0 Å². The van der Waals surface area contributed by atoms with E-state index in [0.717, 1.165) is 26.9 Å². The molecule has 1 amide bonds. The molecule has 1 aliphatic heterocycles. The normalized spacial score (nSPS) is 14.7. The number of carbonyl (C=O) groups excluding carboxylic acids is 1. The minimum absolute atomic E-state index is 0.0137. The Morgan fingerprint density at radius 1 is 1.14 bits per heavy atom. The zero-order chi connectivity index (χ0) is 15.0. The molecule has 0 N–H and O–H groups in total. The fraction of sp³-hybridized carbons (Fsp3) is 0.118. The molecule has 2 aromatic carbocycles. The van der Waals surface area contributed by atoms with Crippen LogP contribution in [0, 0.1) is 0 Å². The third-order valence-corrected chi connectivity index (χ3v) is 4.26. The van der Waals surface area contributed by atoms with Gasteiger partial charge < -0.3 is 4.90 Å². The van der Waals surface area contributed by atoms with Crippen LogP contribution in [0.3, 0.4) is 0 Å². The average molecular weight is 363 g/mol. The van der Waals surface area contributed by atoms with Crippen LogP contribution in [0.5, 0.6) is 0 Å². The Labute approximate surface area is 137 Å². The second-order valence-electron chi connectivity index (χ2n) is 4.98. The van der Waals surface area contributed by atoms with Crippen molar-refractivity contribution in [3.8, 4) is 0 Å². The quantitative estimate of drug-likeness (QED) is 0.635. The Hall–Kier alpha value is -1.58. The van der Waals surface area contributed by atoms with Gasteiger partial charge in [0.1, 0.15) is 0 Å². The van der Waals surface area contributed by atoms with Crippen LogP contribution in [0.1, 0.15) is 23.6 Å². The van der Waals surface area contributed by atoms with Crippen molar-refractivity contribution in [2.75, 3.05) is 4.90 Å². The minimum atomic E-state index is 0.0137. The largest absolute Gasteiger partial charge is 0.308 e. The number of fused-ring (bicyclic) bond motifs is 2. The molecule has 0 atom stereocenters. The highest BCUT2D eigenvalue weighted by Gasteiger charge is 2.18. The van der Waals surface area contributed by atoms with Gasteiger partial charge in [0.15, 0.2) is 0 Å². The van der Waals surface area contributed by atoms with Gasteiger partial charge in [0.2, 0.25) is 5.91 Å². The van der Waals surface area contributed by atoms with Gasteiger partial charge in [0.05, 0.1) is 12.2 Å². The molecule has 106 valence electrons. The van der Waals surface area contributed by atoms with Crippen molar-refractivity contribution in [1.29, 1.82) is 0 Å². The molecule has 0 aliphatic carbocycles. The first-order valence-electron chi connectivity index (χ1n) is 6.59. The molecule has 0 aromatic heterocycles. The maximum absolute atomic E-state index is 12.1. The summed E-state index contributed by atoms with van der Waals surface area (Å²) in [7, 11) is 0. The number of rotatable bonds is 0. The van der Waals surface area contributed by atoms with Crippen molar-refractivity contribution in [2.24, 2.45) is 0 Å². The van der Waals surface area contributed by atoms with Crippen LogP contribution in [-0.4, -0.2) is 5.91 Å². The molecule has 0 radical (unpaired) electrons. The molecule has 0 saturated heterocycles. The van der Waals surface area contributed by atoms with Gasteiger partial charge >= 0.3 is 0 Å². The summed E-state index contributed by atoms with van der Waals surface area (Å²) in [5, 5.41) is 0.665. The van der Waals surface area contributed by atoms with Crippen molar-refractivity contribution in [2.45, 2.75) is 13.5 Å². The number of halogens is 2. The van der Waals surface area contributed by atoms with E-state index in [1.165, 1.54) is 0 Å². The summed E-state index contributed by atoms with van der Waals surface area (Å²) >= 11 is 9.56. The number of nitrogens with zero attached hydrogens (tertiary/aromatic N) is 1. The van der Waals surface area contributed by atoms with Gasteiger partial charge in [-0.05, 0) is 47.0 Å². The summed E-state index contributed by atoms with van der Waals surface area (Å²) in [4.78, 5) is 13.8. The summed E-state index contributed by atoms with van der Waals surface area (Å²) in [6.45, 7) is 2.13. The number of hydrogen-bond donors (Lipinski definition) is 0. The van der Waals surface area contributed by atoms with E-state index in [9.17, 15) is 4.79 Å². The van der Waals surface area contributed by atoms with Crippen LogP contribution in [0.15, 0.2) is 40.9 Å². The Morgan fingerprint density at radius 3 is 2.67 bits per heavy atom. The van der Waals surface area contributed by atoms with E-state index in [0.29, 0.717) is 11.6 Å². The number of anilines is 1. The maximum Gasteiger partial charge on any atom is 0.224 e. The summed E-state index contributed by atoms with van der Waals surface area (Å²) in [6, 6.07) is 11.7. The van der Waals surface area contributed by atoms with E-state index in [1.807, 2.05) is 36.4 Å². The summed E-state index contributed by atoms with van der Waals surface area (Å²) in [5.41, 5.74) is 4.05. The highest BCUT2D eigenvalue weighted by Crippen LogP contribution is 2.31. The minimum Gasteiger partial charge on any atom is -0.308 e. The molecule has 0 unspecified atom stereocenters. The van der Waals surface area contributed by atoms with Gasteiger partial charge in [0.25, 0.3) is 0 Å². The van der Waals surface area contributed by atoms with Crippen LogP contribution in [0.2, 0.25) is 5.02 Å². The van der Waals surface area contributed by atoms with Crippen molar-refractivity contribution in [1.82, 2.24) is 0 Å². The summed E-state index contributed by atoms with van der Waals surface area (Å²) in [6.07, 6.45) is 4.07. The molecule has 2 nitrogen and oxygen atoms in total. The zero-order valence-electron chi connectivity index (χ0n) is 11.4. The molecule has 0 fully saturated rings. The van der Waals surface area contributed by atoms with Crippen molar-refractivity contribution < 1.29 is 4.79 Å². The lowest BCUT2D eigenvalue weighted by molar-refractivity contribution is -0.116. The molecule has 1 heterocycles. The Bertz CT molecular complexity index is 754. The van der Waals surface area contributed by atoms with E-state index >= 15 is 0 Å². The Kier molecular flexibility index (Phi) is 3.87. The molecule has 2 aromatic rings. The molecule has 4 heteroatoms. The number of carbonyl (C=O) groups is 1. The van der Waals surface area contributed by atoms with E-state index in [-0.39, 0.29) is 5.91 Å². The van der Waals surface area contributed by atoms with E-state index in [4.69, 9.17) is 11.6 Å². The fourth-order valence-electron chi connectivity index (χ4n) is 2.49. The third kappa shape index (κ3) is 2.89. The first kappa shape index (κ1) is 14.4. The number of hydrogen-bond acceptors (Lipinski definition) is 1. The second-order valence-corrected chi connectivity index (χ2v) is 6.34. The van der Waals surface area contributed by atoms with Crippen molar-refractivity contribution >= 4 is 51.3 Å². The fourth-order valence-corrected chi connectivity index (χ4v) is 3.08. The van der Waals surface area contributed by atoms with Crippen LogP contribution < -0.4 is 4.90 Å². The first-order chi connectivity index (χ1) is 10.0. The Morgan fingerprint density at radius 2 is 1.90 bits per heavy atom. The van der Waals surface area contributed by atoms with Crippen LogP contribution in [-0.2, 0) is 11.3 Å². The second kappa shape index (κ2) is 5.66. The van der Waals surface area contributed by atoms with E-state index in [2.05, 4.69) is 28.1 Å². The number of benzene rings is 2. The van der Waals surface area contributed by atoms with Crippen molar-refractivity contribution in [3.63, 3.8) is 0 Å². The van der Waals surface area contributed by atoms with Crippen molar-refractivity contribution in [3.05, 3.63) is 62.6 Å². The number of amides is 1. The molecule has 0 saturated carbocycles. The van der Waals surface area contributed by atoms with Crippen LogP contribution in [0.4, 0.5) is 5.69 Å². The molecule has 0 bridgehead atoms. The zero-order valence-corrected chi connectivity index (χ0v) is 13.8. The van der Waals surface area contributed by atoms with Crippen LogP contribution >= 0.6 is 27.5 Å². The van der Waals surface area contributed by atoms with Gasteiger partial charge in [0, 0.05) is 16.4 Å². The maximum atomic E-state index is 12.1. The predicted octanol–water partition coefficient (Wildman–Crippen LogP) is 5.14. The van der Waals surface area contributed by atoms with Gasteiger partial charge in [-0.2, -0.15) is 0 Å². The lowest BCUT2D eigenvalue weighted by Crippen LogP contribution is -2.29. The molecule has 1 aliphatic rings. The molecular weight excluding hydrogens is 350 g/mol. The van der Waals surface area contributed by atoms with Gasteiger partial charge in [-0.25, -0.2) is 0 Å².